The minimum Gasteiger partial charge on any atom is -0.397 e. The van der Waals surface area contributed by atoms with Crippen LogP contribution in [0.1, 0.15) is 0 Å². The Balaban J connectivity index is 2.12. The Labute approximate surface area is 131 Å². The Morgan fingerprint density at radius 1 is 0.857 bits per heavy atom. The average molecular weight is 310 g/mol. The third-order valence-corrected chi connectivity index (χ3v) is 5.24. The fourth-order valence-electron chi connectivity index (χ4n) is 2.71. The number of fused-ring (bicyclic) bond motifs is 3. The van der Waals surface area contributed by atoms with Crippen LogP contribution in [0, 0.1) is 0 Å². The normalized spacial score (nSPS) is 11.3. The molecule has 1 heterocycles. The van der Waals surface area contributed by atoms with Gasteiger partial charge in [0.2, 0.25) is 0 Å². The second kappa shape index (κ2) is 4.76. The van der Waals surface area contributed by atoms with Gasteiger partial charge in [0, 0.05) is 25.7 Å². The monoisotopic (exact) mass is 309 g/mol. The summed E-state index contributed by atoms with van der Waals surface area (Å²) in [7, 11) is 0. The molecule has 0 radical (unpaired) electrons. The Morgan fingerprint density at radius 2 is 1.57 bits per heavy atom. The molecular weight excluding hydrogens is 298 g/mol. The molecule has 1 nitrogen and oxygen atoms in total. The number of benzene rings is 3. The highest BCUT2D eigenvalue weighted by atomic mass is 35.5. The van der Waals surface area contributed by atoms with E-state index in [0.717, 1.165) is 16.5 Å². The van der Waals surface area contributed by atoms with Crippen molar-refractivity contribution in [2.75, 3.05) is 5.73 Å². The standard InChI is InChI=1S/C18H12ClNS/c19-17-16-12-8-4-5-9-14(12)21-15(16)10-13(18(17)20)11-6-2-1-3-7-11/h1-10H,20H2. The zero-order chi connectivity index (χ0) is 14.4. The Morgan fingerprint density at radius 3 is 2.38 bits per heavy atom. The van der Waals surface area contributed by atoms with Crippen LogP contribution in [0.3, 0.4) is 0 Å². The highest BCUT2D eigenvalue weighted by Crippen LogP contribution is 2.44. The molecular formula is C18H12ClNS. The SMILES string of the molecule is Nc1c(-c2ccccc2)cc2sc3ccccc3c2c1Cl. The predicted octanol–water partition coefficient (Wildman–Crippen LogP) is 5.96. The minimum atomic E-state index is 0.652. The van der Waals surface area contributed by atoms with E-state index < -0.39 is 0 Å². The Bertz CT molecular complexity index is 957. The van der Waals surface area contributed by atoms with Crippen molar-refractivity contribution >= 4 is 48.8 Å². The molecule has 0 aliphatic heterocycles. The van der Waals surface area contributed by atoms with Gasteiger partial charge in [-0.05, 0) is 17.7 Å². The maximum Gasteiger partial charge on any atom is 0.0734 e. The molecule has 0 aliphatic rings. The van der Waals surface area contributed by atoms with E-state index in [1.54, 1.807) is 11.3 Å². The number of hydrogen-bond donors (Lipinski definition) is 1. The van der Waals surface area contributed by atoms with Crippen LogP contribution in [0.15, 0.2) is 60.7 Å². The highest BCUT2D eigenvalue weighted by molar-refractivity contribution is 7.26. The van der Waals surface area contributed by atoms with E-state index in [0.29, 0.717) is 10.7 Å². The molecule has 3 aromatic carbocycles. The van der Waals surface area contributed by atoms with Crippen LogP contribution in [0.4, 0.5) is 5.69 Å². The van der Waals surface area contributed by atoms with Gasteiger partial charge in [0.1, 0.15) is 0 Å². The molecule has 0 spiro atoms. The molecule has 0 unspecified atom stereocenters. The Hall–Kier alpha value is -2.03. The summed E-state index contributed by atoms with van der Waals surface area (Å²) in [5, 5.41) is 2.90. The molecule has 4 aromatic rings. The van der Waals surface area contributed by atoms with Crippen molar-refractivity contribution in [3.8, 4) is 11.1 Å². The smallest absolute Gasteiger partial charge is 0.0734 e. The number of thiophene rings is 1. The summed E-state index contributed by atoms with van der Waals surface area (Å²) in [6.45, 7) is 0. The molecule has 0 atom stereocenters. The Kier molecular flexibility index (Phi) is 2.88. The minimum absolute atomic E-state index is 0.652. The van der Waals surface area contributed by atoms with Crippen LogP contribution >= 0.6 is 22.9 Å². The molecule has 102 valence electrons. The highest BCUT2D eigenvalue weighted by Gasteiger charge is 2.15. The van der Waals surface area contributed by atoms with Crippen LogP contribution in [0.5, 0.6) is 0 Å². The summed E-state index contributed by atoms with van der Waals surface area (Å²) < 4.78 is 2.41. The second-order valence-corrected chi connectivity index (χ2v) is 6.45. The predicted molar refractivity (Wildman–Crippen MR) is 94.2 cm³/mol. The summed E-state index contributed by atoms with van der Waals surface area (Å²) in [6.07, 6.45) is 0. The summed E-state index contributed by atoms with van der Waals surface area (Å²) >= 11 is 8.34. The molecule has 0 aliphatic carbocycles. The molecule has 0 fully saturated rings. The van der Waals surface area contributed by atoms with E-state index in [4.69, 9.17) is 17.3 Å². The zero-order valence-electron chi connectivity index (χ0n) is 11.1. The van der Waals surface area contributed by atoms with E-state index in [9.17, 15) is 0 Å². The van der Waals surface area contributed by atoms with Gasteiger partial charge in [-0.2, -0.15) is 0 Å². The van der Waals surface area contributed by atoms with Crippen molar-refractivity contribution in [1.29, 1.82) is 0 Å². The fraction of sp³-hybridized carbons (Fsp3) is 0. The molecule has 21 heavy (non-hydrogen) atoms. The van der Waals surface area contributed by atoms with Gasteiger partial charge < -0.3 is 5.73 Å². The first-order valence-corrected chi connectivity index (χ1v) is 7.90. The molecule has 0 bridgehead atoms. The van der Waals surface area contributed by atoms with E-state index in [2.05, 4.69) is 30.3 Å². The third kappa shape index (κ3) is 1.91. The lowest BCUT2D eigenvalue weighted by atomic mass is 10.0. The maximum absolute atomic E-state index is 6.58. The van der Waals surface area contributed by atoms with Gasteiger partial charge in [-0.3, -0.25) is 0 Å². The van der Waals surface area contributed by atoms with Crippen LogP contribution in [-0.4, -0.2) is 0 Å². The van der Waals surface area contributed by atoms with Crippen LogP contribution < -0.4 is 5.73 Å². The van der Waals surface area contributed by atoms with E-state index in [-0.39, 0.29) is 0 Å². The number of rotatable bonds is 1. The number of nitrogen functional groups attached to an aromatic ring is 1. The first-order chi connectivity index (χ1) is 10.3. The largest absolute Gasteiger partial charge is 0.397 e. The molecule has 4 rings (SSSR count). The van der Waals surface area contributed by atoms with Gasteiger partial charge in [0.15, 0.2) is 0 Å². The van der Waals surface area contributed by atoms with Gasteiger partial charge in [-0.25, -0.2) is 0 Å². The fourth-order valence-corrected chi connectivity index (χ4v) is 4.23. The van der Waals surface area contributed by atoms with E-state index in [1.807, 2.05) is 30.3 Å². The van der Waals surface area contributed by atoms with Crippen molar-refractivity contribution in [1.82, 2.24) is 0 Å². The van der Waals surface area contributed by atoms with Crippen molar-refractivity contribution in [3.63, 3.8) is 0 Å². The summed E-state index contributed by atoms with van der Waals surface area (Å²) in [6, 6.07) is 20.6. The van der Waals surface area contributed by atoms with Crippen LogP contribution in [0.25, 0.3) is 31.3 Å². The number of anilines is 1. The number of hydrogen-bond acceptors (Lipinski definition) is 2. The molecule has 3 heteroatoms. The lowest BCUT2D eigenvalue weighted by Crippen LogP contribution is -1.91. The number of nitrogens with two attached hydrogens (primary N) is 1. The topological polar surface area (TPSA) is 26.0 Å². The van der Waals surface area contributed by atoms with E-state index in [1.165, 1.54) is 14.8 Å². The van der Waals surface area contributed by atoms with Crippen LogP contribution in [0.2, 0.25) is 5.02 Å². The van der Waals surface area contributed by atoms with Gasteiger partial charge in [0.05, 0.1) is 10.7 Å². The molecule has 2 N–H and O–H groups in total. The first-order valence-electron chi connectivity index (χ1n) is 6.70. The van der Waals surface area contributed by atoms with Crippen molar-refractivity contribution in [2.45, 2.75) is 0 Å². The summed E-state index contributed by atoms with van der Waals surface area (Å²) in [4.78, 5) is 0. The summed E-state index contributed by atoms with van der Waals surface area (Å²) in [5.74, 6) is 0. The maximum atomic E-state index is 6.58. The van der Waals surface area contributed by atoms with Crippen LogP contribution in [-0.2, 0) is 0 Å². The molecule has 1 aromatic heterocycles. The molecule has 0 amide bonds. The lowest BCUT2D eigenvalue weighted by Gasteiger charge is -2.09. The average Bonchev–Trinajstić information content (AvgIpc) is 2.90. The second-order valence-electron chi connectivity index (χ2n) is 4.99. The van der Waals surface area contributed by atoms with Gasteiger partial charge in [-0.1, -0.05) is 60.1 Å². The van der Waals surface area contributed by atoms with Crippen molar-refractivity contribution in [3.05, 3.63) is 65.7 Å². The summed E-state index contributed by atoms with van der Waals surface area (Å²) in [5.41, 5.74) is 9.05. The molecule has 0 saturated heterocycles. The third-order valence-electron chi connectivity index (χ3n) is 3.73. The van der Waals surface area contributed by atoms with Gasteiger partial charge in [-0.15, -0.1) is 11.3 Å². The zero-order valence-corrected chi connectivity index (χ0v) is 12.7. The van der Waals surface area contributed by atoms with Crippen molar-refractivity contribution < 1.29 is 0 Å². The quantitative estimate of drug-likeness (QED) is 0.431. The molecule has 0 saturated carbocycles. The number of halogens is 1. The van der Waals surface area contributed by atoms with Gasteiger partial charge in [0.25, 0.3) is 0 Å². The lowest BCUT2D eigenvalue weighted by molar-refractivity contribution is 1.65. The first kappa shape index (κ1) is 12.7. The van der Waals surface area contributed by atoms with Crippen molar-refractivity contribution in [2.24, 2.45) is 0 Å². The van der Waals surface area contributed by atoms with E-state index >= 15 is 0 Å². The van der Waals surface area contributed by atoms with Gasteiger partial charge >= 0.3 is 0 Å².